The SMILES string of the molecule is CNCC(=O)CCc1ccsc1. The predicted octanol–water partition coefficient (Wildman–Crippen LogP) is 1.47. The van der Waals surface area contributed by atoms with E-state index in [0.717, 1.165) is 6.42 Å². The first-order valence-corrected chi connectivity index (χ1v) is 4.94. The minimum absolute atomic E-state index is 0.281. The summed E-state index contributed by atoms with van der Waals surface area (Å²) in [5.41, 5.74) is 1.27. The van der Waals surface area contributed by atoms with Gasteiger partial charge in [0.2, 0.25) is 0 Å². The van der Waals surface area contributed by atoms with Crippen LogP contribution in [-0.4, -0.2) is 19.4 Å². The summed E-state index contributed by atoms with van der Waals surface area (Å²) in [6.07, 6.45) is 1.53. The second-order valence-electron chi connectivity index (χ2n) is 2.70. The fourth-order valence-corrected chi connectivity index (χ4v) is 1.71. The van der Waals surface area contributed by atoms with Gasteiger partial charge >= 0.3 is 0 Å². The van der Waals surface area contributed by atoms with Crippen LogP contribution in [0.1, 0.15) is 12.0 Å². The molecule has 66 valence electrons. The number of aryl methyl sites for hydroxylation is 1. The van der Waals surface area contributed by atoms with Crippen LogP contribution in [0.3, 0.4) is 0 Å². The maximum absolute atomic E-state index is 11.1. The van der Waals surface area contributed by atoms with E-state index in [-0.39, 0.29) is 5.78 Å². The Morgan fingerprint density at radius 1 is 1.67 bits per heavy atom. The highest BCUT2D eigenvalue weighted by Crippen LogP contribution is 2.08. The molecule has 0 amide bonds. The van der Waals surface area contributed by atoms with Crippen molar-refractivity contribution in [3.05, 3.63) is 22.4 Å². The standard InChI is InChI=1S/C9H13NOS/c1-10-6-9(11)3-2-8-4-5-12-7-8/h4-5,7,10H,2-3,6H2,1H3. The molecule has 0 aliphatic rings. The van der Waals surface area contributed by atoms with E-state index in [1.54, 1.807) is 18.4 Å². The number of nitrogens with one attached hydrogen (secondary N) is 1. The maximum atomic E-state index is 11.1. The summed E-state index contributed by atoms with van der Waals surface area (Å²) < 4.78 is 0. The summed E-state index contributed by atoms with van der Waals surface area (Å²) in [5.74, 6) is 0.281. The van der Waals surface area contributed by atoms with E-state index < -0.39 is 0 Å². The second-order valence-corrected chi connectivity index (χ2v) is 3.48. The monoisotopic (exact) mass is 183 g/mol. The molecule has 1 aromatic rings. The minimum atomic E-state index is 0.281. The van der Waals surface area contributed by atoms with E-state index in [1.807, 2.05) is 5.38 Å². The molecule has 0 spiro atoms. The van der Waals surface area contributed by atoms with Crippen LogP contribution in [0.25, 0.3) is 0 Å². The van der Waals surface area contributed by atoms with Gasteiger partial charge in [-0.15, -0.1) is 0 Å². The van der Waals surface area contributed by atoms with E-state index in [2.05, 4.69) is 16.8 Å². The topological polar surface area (TPSA) is 29.1 Å². The van der Waals surface area contributed by atoms with Gasteiger partial charge in [0.05, 0.1) is 6.54 Å². The molecule has 0 unspecified atom stereocenters. The summed E-state index contributed by atoms with van der Waals surface area (Å²) in [6, 6.07) is 2.07. The van der Waals surface area contributed by atoms with Gasteiger partial charge in [0.1, 0.15) is 5.78 Å². The van der Waals surface area contributed by atoms with Crippen molar-refractivity contribution in [3.8, 4) is 0 Å². The molecule has 0 saturated heterocycles. The highest BCUT2D eigenvalue weighted by molar-refractivity contribution is 7.07. The van der Waals surface area contributed by atoms with Crippen LogP contribution < -0.4 is 5.32 Å². The largest absolute Gasteiger partial charge is 0.313 e. The molecule has 2 nitrogen and oxygen atoms in total. The van der Waals surface area contributed by atoms with Crippen LogP contribution in [0.15, 0.2) is 16.8 Å². The molecule has 1 N–H and O–H groups in total. The zero-order valence-electron chi connectivity index (χ0n) is 7.17. The predicted molar refractivity (Wildman–Crippen MR) is 51.6 cm³/mol. The second kappa shape index (κ2) is 5.06. The first-order chi connectivity index (χ1) is 5.83. The zero-order chi connectivity index (χ0) is 8.81. The van der Waals surface area contributed by atoms with Crippen molar-refractivity contribution in [1.29, 1.82) is 0 Å². The number of rotatable bonds is 5. The number of carbonyl (C=O) groups is 1. The van der Waals surface area contributed by atoms with Crippen LogP contribution in [-0.2, 0) is 11.2 Å². The first-order valence-electron chi connectivity index (χ1n) is 4.00. The van der Waals surface area contributed by atoms with Crippen molar-refractivity contribution >= 4 is 17.1 Å². The van der Waals surface area contributed by atoms with E-state index >= 15 is 0 Å². The molecule has 0 fully saturated rings. The van der Waals surface area contributed by atoms with Gasteiger partial charge in [-0.3, -0.25) is 4.79 Å². The molecule has 0 saturated carbocycles. The molecule has 0 radical (unpaired) electrons. The Morgan fingerprint density at radius 2 is 2.50 bits per heavy atom. The Hall–Kier alpha value is -0.670. The molecule has 0 aliphatic carbocycles. The smallest absolute Gasteiger partial charge is 0.146 e. The molecule has 1 rings (SSSR count). The van der Waals surface area contributed by atoms with Crippen LogP contribution in [0.2, 0.25) is 0 Å². The molecule has 1 heterocycles. The van der Waals surface area contributed by atoms with Crippen LogP contribution >= 0.6 is 11.3 Å². The lowest BCUT2D eigenvalue weighted by molar-refractivity contribution is -0.118. The van der Waals surface area contributed by atoms with Crippen LogP contribution in [0.4, 0.5) is 0 Å². The number of Topliss-reactive ketones (excluding diaryl/α,β-unsaturated/α-hetero) is 1. The Morgan fingerprint density at radius 3 is 3.08 bits per heavy atom. The molecule has 12 heavy (non-hydrogen) atoms. The van der Waals surface area contributed by atoms with Gasteiger partial charge in [0.15, 0.2) is 0 Å². The van der Waals surface area contributed by atoms with Crippen LogP contribution in [0.5, 0.6) is 0 Å². The maximum Gasteiger partial charge on any atom is 0.146 e. The van der Waals surface area contributed by atoms with Crippen molar-refractivity contribution in [2.45, 2.75) is 12.8 Å². The molecule has 0 aliphatic heterocycles. The lowest BCUT2D eigenvalue weighted by Gasteiger charge is -1.97. The average molecular weight is 183 g/mol. The van der Waals surface area contributed by atoms with Crippen molar-refractivity contribution in [2.75, 3.05) is 13.6 Å². The van der Waals surface area contributed by atoms with Crippen molar-refractivity contribution < 1.29 is 4.79 Å². The van der Waals surface area contributed by atoms with Crippen molar-refractivity contribution in [3.63, 3.8) is 0 Å². The Bertz CT molecular complexity index is 231. The van der Waals surface area contributed by atoms with Gasteiger partial charge in [-0.1, -0.05) is 0 Å². The highest BCUT2D eigenvalue weighted by Gasteiger charge is 2.00. The summed E-state index contributed by atoms with van der Waals surface area (Å²) in [7, 11) is 1.79. The van der Waals surface area contributed by atoms with Gasteiger partial charge in [0.25, 0.3) is 0 Å². The number of hydrogen-bond acceptors (Lipinski definition) is 3. The fraction of sp³-hybridized carbons (Fsp3) is 0.444. The number of hydrogen-bond donors (Lipinski definition) is 1. The normalized spacial score (nSPS) is 10.1. The Kier molecular flexibility index (Phi) is 3.97. The number of carbonyl (C=O) groups excluding carboxylic acids is 1. The molecular formula is C9H13NOS. The van der Waals surface area contributed by atoms with E-state index in [1.165, 1.54) is 5.56 Å². The number of ketones is 1. The summed E-state index contributed by atoms with van der Waals surface area (Å²) in [4.78, 5) is 11.1. The third-order valence-electron chi connectivity index (χ3n) is 1.65. The summed E-state index contributed by atoms with van der Waals surface area (Å²) >= 11 is 1.68. The molecule has 0 bridgehead atoms. The van der Waals surface area contributed by atoms with Gasteiger partial charge in [-0.2, -0.15) is 11.3 Å². The van der Waals surface area contributed by atoms with E-state index in [4.69, 9.17) is 0 Å². The van der Waals surface area contributed by atoms with Crippen molar-refractivity contribution in [1.82, 2.24) is 5.32 Å². The van der Waals surface area contributed by atoms with E-state index in [9.17, 15) is 4.79 Å². The molecule has 1 aromatic heterocycles. The Labute approximate surface area is 76.6 Å². The van der Waals surface area contributed by atoms with E-state index in [0.29, 0.717) is 13.0 Å². The van der Waals surface area contributed by atoms with Gasteiger partial charge in [-0.25, -0.2) is 0 Å². The molecule has 3 heteroatoms. The minimum Gasteiger partial charge on any atom is -0.313 e. The highest BCUT2D eigenvalue weighted by atomic mass is 32.1. The van der Waals surface area contributed by atoms with Gasteiger partial charge in [-0.05, 0) is 35.9 Å². The third-order valence-corrected chi connectivity index (χ3v) is 2.38. The van der Waals surface area contributed by atoms with Crippen LogP contribution in [0, 0.1) is 0 Å². The lowest BCUT2D eigenvalue weighted by Crippen LogP contribution is -2.18. The third kappa shape index (κ3) is 3.15. The van der Waals surface area contributed by atoms with Gasteiger partial charge < -0.3 is 5.32 Å². The number of likely N-dealkylation sites (N-methyl/N-ethyl adjacent to an activating group) is 1. The molecule has 0 atom stereocenters. The first kappa shape index (κ1) is 9.42. The van der Waals surface area contributed by atoms with Gasteiger partial charge in [0, 0.05) is 6.42 Å². The Balaban J connectivity index is 2.22. The average Bonchev–Trinajstić information content (AvgIpc) is 2.53. The zero-order valence-corrected chi connectivity index (χ0v) is 7.99. The fourth-order valence-electron chi connectivity index (χ4n) is 1.00. The molecular weight excluding hydrogens is 170 g/mol. The number of thiophene rings is 1. The lowest BCUT2D eigenvalue weighted by atomic mass is 10.1. The summed E-state index contributed by atoms with van der Waals surface area (Å²) in [5, 5.41) is 6.98. The molecule has 0 aromatic carbocycles. The summed E-state index contributed by atoms with van der Waals surface area (Å²) in [6.45, 7) is 0.490. The van der Waals surface area contributed by atoms with Crippen molar-refractivity contribution in [2.24, 2.45) is 0 Å². The quantitative estimate of drug-likeness (QED) is 0.749.